The number of nitrogens with zero attached hydrogens (tertiary/aromatic N) is 4. The van der Waals surface area contributed by atoms with Gasteiger partial charge in [0.1, 0.15) is 5.82 Å². The lowest BCUT2D eigenvalue weighted by molar-refractivity contribution is 0.0372. The van der Waals surface area contributed by atoms with Gasteiger partial charge >= 0.3 is 0 Å². The lowest BCUT2D eigenvalue weighted by Gasteiger charge is -2.26. The first kappa shape index (κ1) is 23.9. The van der Waals surface area contributed by atoms with E-state index in [0.717, 1.165) is 82.6 Å². The number of aliphatic imine (C=N–C) groups is 1. The Bertz CT molecular complexity index is 757. The molecule has 2 aromatic rings. The van der Waals surface area contributed by atoms with Gasteiger partial charge in [-0.25, -0.2) is 4.98 Å². The molecule has 2 N–H and O–H groups in total. The van der Waals surface area contributed by atoms with Crippen molar-refractivity contribution in [3.05, 3.63) is 30.1 Å². The minimum absolute atomic E-state index is 0. The molecule has 0 atom stereocenters. The molecule has 0 spiro atoms. The topological polar surface area (TPSA) is 66.7 Å². The number of nitrogens with one attached hydrogen (secondary N) is 2. The van der Waals surface area contributed by atoms with Gasteiger partial charge in [0, 0.05) is 39.8 Å². The van der Waals surface area contributed by atoms with Crippen LogP contribution in [0.25, 0.3) is 11.0 Å². The summed E-state index contributed by atoms with van der Waals surface area (Å²) in [4.78, 5) is 11.4. The van der Waals surface area contributed by atoms with Crippen LogP contribution in [0.3, 0.4) is 0 Å². The number of ether oxygens (including phenoxy) is 1. The van der Waals surface area contributed by atoms with Crippen LogP contribution in [-0.4, -0.2) is 73.4 Å². The van der Waals surface area contributed by atoms with Crippen LogP contribution >= 0.6 is 24.0 Å². The fraction of sp³-hybridized carbons (Fsp3) is 0.619. The molecule has 0 amide bonds. The predicted molar refractivity (Wildman–Crippen MR) is 130 cm³/mol. The highest BCUT2D eigenvalue weighted by Crippen LogP contribution is 2.15. The molecule has 29 heavy (non-hydrogen) atoms. The summed E-state index contributed by atoms with van der Waals surface area (Å²) >= 11 is 0. The second kappa shape index (κ2) is 13.0. The highest BCUT2D eigenvalue weighted by Gasteiger charge is 2.09. The summed E-state index contributed by atoms with van der Waals surface area (Å²) in [7, 11) is 1.83. The van der Waals surface area contributed by atoms with Crippen molar-refractivity contribution in [3.63, 3.8) is 0 Å². The van der Waals surface area contributed by atoms with Gasteiger partial charge in [-0.05, 0) is 44.9 Å². The normalized spacial score (nSPS) is 15.3. The number of hydrogen-bond donors (Lipinski definition) is 2. The number of rotatable bonds is 9. The van der Waals surface area contributed by atoms with Crippen molar-refractivity contribution in [2.24, 2.45) is 4.99 Å². The average Bonchev–Trinajstić information content (AvgIpc) is 3.05. The molecule has 8 heteroatoms. The van der Waals surface area contributed by atoms with Gasteiger partial charge in [0.15, 0.2) is 5.96 Å². The number of imidazole rings is 1. The molecule has 1 aliphatic rings. The first-order valence-electron chi connectivity index (χ1n) is 10.4. The van der Waals surface area contributed by atoms with E-state index < -0.39 is 0 Å². The number of aromatic nitrogens is 2. The Morgan fingerprint density at radius 3 is 2.55 bits per heavy atom. The van der Waals surface area contributed by atoms with Crippen LogP contribution in [0.5, 0.6) is 0 Å². The van der Waals surface area contributed by atoms with Crippen LogP contribution in [0.2, 0.25) is 0 Å². The third-order valence-electron chi connectivity index (χ3n) is 5.22. The van der Waals surface area contributed by atoms with E-state index in [2.05, 4.69) is 55.2 Å². The highest BCUT2D eigenvalue weighted by molar-refractivity contribution is 14.0. The number of unbranched alkanes of at least 4 members (excludes halogenated alkanes) is 1. The van der Waals surface area contributed by atoms with Gasteiger partial charge < -0.3 is 19.9 Å². The lowest BCUT2D eigenvalue weighted by Crippen LogP contribution is -2.39. The van der Waals surface area contributed by atoms with Gasteiger partial charge in [-0.15, -0.1) is 24.0 Å². The van der Waals surface area contributed by atoms with Crippen molar-refractivity contribution in [2.45, 2.75) is 32.7 Å². The number of aryl methyl sites for hydroxylation is 2. The van der Waals surface area contributed by atoms with E-state index in [1.54, 1.807) is 0 Å². The summed E-state index contributed by atoms with van der Waals surface area (Å²) in [6, 6.07) is 8.32. The molecule has 0 unspecified atom stereocenters. The van der Waals surface area contributed by atoms with Crippen LogP contribution < -0.4 is 10.6 Å². The molecule has 7 nitrogen and oxygen atoms in total. The Kier molecular flexibility index (Phi) is 10.7. The third-order valence-corrected chi connectivity index (χ3v) is 5.22. The Morgan fingerprint density at radius 2 is 1.79 bits per heavy atom. The number of fused-ring (bicyclic) bond motifs is 1. The van der Waals surface area contributed by atoms with Crippen molar-refractivity contribution in [3.8, 4) is 0 Å². The molecule has 1 aliphatic heterocycles. The molecule has 1 aromatic carbocycles. The van der Waals surface area contributed by atoms with Gasteiger partial charge in [0.2, 0.25) is 0 Å². The van der Waals surface area contributed by atoms with Gasteiger partial charge in [-0.1, -0.05) is 12.1 Å². The van der Waals surface area contributed by atoms with E-state index in [9.17, 15) is 0 Å². The first-order valence-corrected chi connectivity index (χ1v) is 10.4. The number of hydrogen-bond acceptors (Lipinski definition) is 4. The standard InChI is InChI=1S/C21H34N6O.HI/c1-18-25-19-8-3-4-9-20(19)27(18)13-7-11-24-21(22-2)23-10-5-6-12-26-14-16-28-17-15-26;/h3-4,8-9H,5-7,10-17H2,1-2H3,(H2,22,23,24);1H. The van der Waals surface area contributed by atoms with Crippen molar-refractivity contribution in [2.75, 3.05) is 53.0 Å². The number of morpholine rings is 1. The molecule has 162 valence electrons. The monoisotopic (exact) mass is 514 g/mol. The second-order valence-electron chi connectivity index (χ2n) is 7.24. The SMILES string of the molecule is CN=C(NCCCCN1CCOCC1)NCCCn1c(C)nc2ccccc21.I. The van der Waals surface area contributed by atoms with Crippen LogP contribution in [0.15, 0.2) is 29.3 Å². The predicted octanol–water partition coefficient (Wildman–Crippen LogP) is 2.63. The van der Waals surface area contributed by atoms with Crippen molar-refractivity contribution in [1.29, 1.82) is 0 Å². The van der Waals surface area contributed by atoms with Crippen molar-refractivity contribution in [1.82, 2.24) is 25.1 Å². The quantitative estimate of drug-likeness (QED) is 0.233. The summed E-state index contributed by atoms with van der Waals surface area (Å²) in [6.45, 7) is 9.93. The number of para-hydroxylation sites is 2. The summed E-state index contributed by atoms with van der Waals surface area (Å²) in [5.74, 6) is 1.96. The van der Waals surface area contributed by atoms with E-state index in [4.69, 9.17) is 4.74 Å². The van der Waals surface area contributed by atoms with E-state index in [1.165, 1.54) is 11.9 Å². The number of guanidine groups is 1. The fourth-order valence-corrected chi connectivity index (χ4v) is 3.63. The maximum atomic E-state index is 5.39. The second-order valence-corrected chi connectivity index (χ2v) is 7.24. The average molecular weight is 514 g/mol. The molecule has 1 saturated heterocycles. The lowest BCUT2D eigenvalue weighted by atomic mass is 10.2. The summed E-state index contributed by atoms with van der Waals surface area (Å²) in [5.41, 5.74) is 2.28. The molecule has 0 saturated carbocycles. The maximum Gasteiger partial charge on any atom is 0.190 e. The van der Waals surface area contributed by atoms with Gasteiger partial charge in [-0.3, -0.25) is 9.89 Å². The summed E-state index contributed by atoms with van der Waals surface area (Å²) in [6.07, 6.45) is 3.38. The smallest absolute Gasteiger partial charge is 0.190 e. The van der Waals surface area contributed by atoms with Gasteiger partial charge in [-0.2, -0.15) is 0 Å². The van der Waals surface area contributed by atoms with Crippen LogP contribution in [0, 0.1) is 6.92 Å². The zero-order chi connectivity index (χ0) is 19.6. The molecule has 1 fully saturated rings. The molecule has 1 aromatic heterocycles. The molecular formula is C21H35IN6O. The Balaban J connectivity index is 0.00000300. The van der Waals surface area contributed by atoms with Gasteiger partial charge in [0.05, 0.1) is 24.2 Å². The largest absolute Gasteiger partial charge is 0.379 e. The van der Waals surface area contributed by atoms with Crippen LogP contribution in [-0.2, 0) is 11.3 Å². The fourth-order valence-electron chi connectivity index (χ4n) is 3.63. The Morgan fingerprint density at radius 1 is 1.07 bits per heavy atom. The molecular weight excluding hydrogens is 479 g/mol. The van der Waals surface area contributed by atoms with E-state index in [0.29, 0.717) is 0 Å². The zero-order valence-electron chi connectivity index (χ0n) is 17.7. The zero-order valence-corrected chi connectivity index (χ0v) is 20.0. The molecule has 0 bridgehead atoms. The van der Waals surface area contributed by atoms with Crippen molar-refractivity contribution >= 4 is 41.0 Å². The van der Waals surface area contributed by atoms with Crippen LogP contribution in [0.1, 0.15) is 25.1 Å². The number of benzene rings is 1. The van der Waals surface area contributed by atoms with Gasteiger partial charge in [0.25, 0.3) is 0 Å². The van der Waals surface area contributed by atoms with E-state index in [-0.39, 0.29) is 24.0 Å². The minimum Gasteiger partial charge on any atom is -0.379 e. The van der Waals surface area contributed by atoms with E-state index in [1.807, 2.05) is 13.1 Å². The molecule has 3 rings (SSSR count). The number of halogens is 1. The van der Waals surface area contributed by atoms with Crippen molar-refractivity contribution < 1.29 is 4.74 Å². The maximum absolute atomic E-state index is 5.39. The van der Waals surface area contributed by atoms with E-state index >= 15 is 0 Å². The first-order chi connectivity index (χ1) is 13.8. The van der Waals surface area contributed by atoms with Crippen LogP contribution in [0.4, 0.5) is 0 Å². The third kappa shape index (κ3) is 7.42. The summed E-state index contributed by atoms with van der Waals surface area (Å²) in [5, 5.41) is 6.84. The molecule has 0 aliphatic carbocycles. The Hall–Kier alpha value is -1.39. The molecule has 2 heterocycles. The summed E-state index contributed by atoms with van der Waals surface area (Å²) < 4.78 is 7.68. The Labute approximate surface area is 191 Å². The highest BCUT2D eigenvalue weighted by atomic mass is 127. The minimum atomic E-state index is 0. The molecule has 0 radical (unpaired) electrons.